The number of hydrogen-bond donors (Lipinski definition) is 1. The topological polar surface area (TPSA) is 55.1 Å². The fourth-order valence-electron chi connectivity index (χ4n) is 1.36. The van der Waals surface area contributed by atoms with Crippen molar-refractivity contribution >= 4 is 17.5 Å². The first kappa shape index (κ1) is 11.7. The average molecular weight is 251 g/mol. The second-order valence-electron chi connectivity index (χ2n) is 3.55. The number of carbonyl (C=O) groups excluding carboxylic acids is 1. The normalized spacial score (nSPS) is 10.2. The number of oxazole rings is 1. The summed E-state index contributed by atoms with van der Waals surface area (Å²) in [5.74, 6) is 0.420. The van der Waals surface area contributed by atoms with Crippen LogP contribution in [0.15, 0.2) is 34.9 Å². The van der Waals surface area contributed by atoms with Crippen LogP contribution >= 0.6 is 11.6 Å². The van der Waals surface area contributed by atoms with E-state index < -0.39 is 0 Å². The van der Waals surface area contributed by atoms with E-state index in [1.54, 1.807) is 31.2 Å². The Morgan fingerprint density at radius 1 is 1.41 bits per heavy atom. The molecule has 0 saturated heterocycles. The molecule has 2 aromatic rings. The summed E-state index contributed by atoms with van der Waals surface area (Å²) in [6.45, 7) is 2.10. The van der Waals surface area contributed by atoms with Crippen molar-refractivity contribution in [2.75, 3.05) is 0 Å². The Kier molecular flexibility index (Phi) is 3.44. The fraction of sp³-hybridized carbons (Fsp3) is 0.167. The van der Waals surface area contributed by atoms with Gasteiger partial charge in [-0.2, -0.15) is 0 Å². The smallest absolute Gasteiger partial charge is 0.251 e. The van der Waals surface area contributed by atoms with Crippen molar-refractivity contribution in [3.8, 4) is 0 Å². The minimum Gasteiger partial charge on any atom is -0.449 e. The number of carbonyl (C=O) groups is 1. The van der Waals surface area contributed by atoms with Gasteiger partial charge in [-0.05, 0) is 24.3 Å². The molecule has 0 aliphatic rings. The van der Waals surface area contributed by atoms with Gasteiger partial charge in [-0.1, -0.05) is 11.6 Å². The molecule has 0 bridgehead atoms. The second-order valence-corrected chi connectivity index (χ2v) is 3.98. The lowest BCUT2D eigenvalue weighted by atomic mass is 10.2. The standard InChI is InChI=1S/C12H11ClN2O2/c1-8-15-11(7-17-8)6-14-12(16)9-2-4-10(13)5-3-9/h2-5,7H,6H2,1H3,(H,14,16). The summed E-state index contributed by atoms with van der Waals surface area (Å²) in [6.07, 6.45) is 1.53. The number of nitrogens with one attached hydrogen (secondary N) is 1. The molecular weight excluding hydrogens is 240 g/mol. The molecule has 1 amide bonds. The Hall–Kier alpha value is -1.81. The summed E-state index contributed by atoms with van der Waals surface area (Å²) in [4.78, 5) is 15.8. The zero-order valence-corrected chi connectivity index (χ0v) is 9.99. The summed E-state index contributed by atoms with van der Waals surface area (Å²) in [6, 6.07) is 6.70. The highest BCUT2D eigenvalue weighted by atomic mass is 35.5. The van der Waals surface area contributed by atoms with Crippen LogP contribution in [0.4, 0.5) is 0 Å². The number of amides is 1. The van der Waals surface area contributed by atoms with Gasteiger partial charge in [0.25, 0.3) is 5.91 Å². The Labute approximate surface area is 104 Å². The molecule has 0 unspecified atom stereocenters. The predicted octanol–water partition coefficient (Wildman–Crippen LogP) is 2.57. The fourth-order valence-corrected chi connectivity index (χ4v) is 1.49. The van der Waals surface area contributed by atoms with Gasteiger partial charge in [0.15, 0.2) is 5.89 Å². The number of aromatic nitrogens is 1. The molecule has 0 radical (unpaired) electrons. The number of nitrogens with zero attached hydrogens (tertiary/aromatic N) is 1. The van der Waals surface area contributed by atoms with Gasteiger partial charge in [-0.25, -0.2) is 4.98 Å². The maximum atomic E-state index is 11.7. The molecule has 17 heavy (non-hydrogen) atoms. The predicted molar refractivity (Wildman–Crippen MR) is 63.9 cm³/mol. The van der Waals surface area contributed by atoms with Gasteiger partial charge in [0.2, 0.25) is 0 Å². The molecule has 5 heteroatoms. The van der Waals surface area contributed by atoms with Crippen molar-refractivity contribution in [2.24, 2.45) is 0 Å². The van der Waals surface area contributed by atoms with Gasteiger partial charge in [0, 0.05) is 17.5 Å². The molecule has 0 aliphatic heterocycles. The summed E-state index contributed by atoms with van der Waals surface area (Å²) >= 11 is 5.74. The van der Waals surface area contributed by atoms with E-state index >= 15 is 0 Å². The van der Waals surface area contributed by atoms with Gasteiger partial charge in [-0.15, -0.1) is 0 Å². The molecule has 0 spiro atoms. The molecule has 4 nitrogen and oxygen atoms in total. The Bertz CT molecular complexity index is 520. The summed E-state index contributed by atoms with van der Waals surface area (Å²) in [7, 11) is 0. The number of hydrogen-bond acceptors (Lipinski definition) is 3. The third-order valence-corrected chi connectivity index (χ3v) is 2.46. The van der Waals surface area contributed by atoms with Crippen molar-refractivity contribution in [1.82, 2.24) is 10.3 Å². The van der Waals surface area contributed by atoms with E-state index in [-0.39, 0.29) is 5.91 Å². The van der Waals surface area contributed by atoms with Crippen LogP contribution in [-0.4, -0.2) is 10.9 Å². The number of rotatable bonds is 3. The lowest BCUT2D eigenvalue weighted by Crippen LogP contribution is -2.22. The first-order valence-corrected chi connectivity index (χ1v) is 5.48. The monoisotopic (exact) mass is 250 g/mol. The van der Waals surface area contributed by atoms with Crippen molar-refractivity contribution in [2.45, 2.75) is 13.5 Å². The van der Waals surface area contributed by atoms with Crippen LogP contribution in [0.2, 0.25) is 5.02 Å². The van der Waals surface area contributed by atoms with Crippen LogP contribution in [-0.2, 0) is 6.54 Å². The van der Waals surface area contributed by atoms with E-state index in [0.29, 0.717) is 28.7 Å². The zero-order valence-electron chi connectivity index (χ0n) is 9.24. The van der Waals surface area contributed by atoms with E-state index in [4.69, 9.17) is 16.0 Å². The van der Waals surface area contributed by atoms with Gasteiger partial charge in [0.05, 0.1) is 12.2 Å². The third-order valence-electron chi connectivity index (χ3n) is 2.20. The molecule has 0 saturated carbocycles. The minimum atomic E-state index is -0.165. The summed E-state index contributed by atoms with van der Waals surface area (Å²) < 4.78 is 5.04. The van der Waals surface area contributed by atoms with E-state index in [2.05, 4.69) is 10.3 Å². The average Bonchev–Trinajstić information content (AvgIpc) is 2.73. The van der Waals surface area contributed by atoms with E-state index in [1.807, 2.05) is 0 Å². The van der Waals surface area contributed by atoms with Crippen molar-refractivity contribution in [1.29, 1.82) is 0 Å². The quantitative estimate of drug-likeness (QED) is 0.911. The highest BCUT2D eigenvalue weighted by Crippen LogP contribution is 2.09. The SMILES string of the molecule is Cc1nc(CNC(=O)c2ccc(Cl)cc2)co1. The number of benzene rings is 1. The van der Waals surface area contributed by atoms with Gasteiger partial charge >= 0.3 is 0 Å². The van der Waals surface area contributed by atoms with E-state index in [1.165, 1.54) is 6.26 Å². The maximum absolute atomic E-state index is 11.7. The molecule has 0 aliphatic carbocycles. The van der Waals surface area contributed by atoms with Gasteiger partial charge in [-0.3, -0.25) is 4.79 Å². The molecule has 0 fully saturated rings. The number of aryl methyl sites for hydroxylation is 1. The lowest BCUT2D eigenvalue weighted by Gasteiger charge is -2.02. The van der Waals surface area contributed by atoms with Crippen LogP contribution in [0.1, 0.15) is 21.9 Å². The molecule has 2 rings (SSSR count). The highest BCUT2D eigenvalue weighted by molar-refractivity contribution is 6.30. The third kappa shape index (κ3) is 3.07. The molecular formula is C12H11ClN2O2. The Morgan fingerprint density at radius 2 is 2.12 bits per heavy atom. The van der Waals surface area contributed by atoms with Gasteiger partial charge in [0.1, 0.15) is 6.26 Å². The van der Waals surface area contributed by atoms with Crippen molar-refractivity contribution in [3.05, 3.63) is 52.7 Å². The molecule has 1 heterocycles. The highest BCUT2D eigenvalue weighted by Gasteiger charge is 2.06. The van der Waals surface area contributed by atoms with E-state index in [0.717, 1.165) is 0 Å². The minimum absolute atomic E-state index is 0.165. The molecule has 1 N–H and O–H groups in total. The molecule has 88 valence electrons. The maximum Gasteiger partial charge on any atom is 0.251 e. The number of halogens is 1. The van der Waals surface area contributed by atoms with Gasteiger partial charge < -0.3 is 9.73 Å². The van der Waals surface area contributed by atoms with Crippen LogP contribution in [0.3, 0.4) is 0 Å². The lowest BCUT2D eigenvalue weighted by molar-refractivity contribution is 0.0950. The van der Waals surface area contributed by atoms with E-state index in [9.17, 15) is 4.79 Å². The first-order chi connectivity index (χ1) is 8.15. The largest absolute Gasteiger partial charge is 0.449 e. The van der Waals surface area contributed by atoms with Crippen molar-refractivity contribution < 1.29 is 9.21 Å². The Morgan fingerprint density at radius 3 is 2.71 bits per heavy atom. The molecule has 0 atom stereocenters. The van der Waals surface area contributed by atoms with Crippen LogP contribution in [0, 0.1) is 6.92 Å². The van der Waals surface area contributed by atoms with Crippen LogP contribution in [0.5, 0.6) is 0 Å². The zero-order chi connectivity index (χ0) is 12.3. The molecule has 1 aromatic carbocycles. The second kappa shape index (κ2) is 5.01. The van der Waals surface area contributed by atoms with Crippen LogP contribution in [0.25, 0.3) is 0 Å². The summed E-state index contributed by atoms with van der Waals surface area (Å²) in [5.41, 5.74) is 1.26. The molecule has 1 aromatic heterocycles. The first-order valence-electron chi connectivity index (χ1n) is 5.10. The Balaban J connectivity index is 1.95. The van der Waals surface area contributed by atoms with Crippen LogP contribution < -0.4 is 5.32 Å². The summed E-state index contributed by atoms with van der Waals surface area (Å²) in [5, 5.41) is 3.35. The van der Waals surface area contributed by atoms with Crippen molar-refractivity contribution in [3.63, 3.8) is 0 Å².